The largest absolute Gasteiger partial charge is 0.351 e. The second-order valence-corrected chi connectivity index (χ2v) is 6.49. The van der Waals surface area contributed by atoms with Gasteiger partial charge in [-0.1, -0.05) is 60.7 Å². The molecule has 1 aromatic heterocycles. The number of amides is 1. The Morgan fingerprint density at radius 3 is 2.32 bits per heavy atom. The fourth-order valence-corrected chi connectivity index (χ4v) is 3.55. The molecule has 0 aliphatic carbocycles. The van der Waals surface area contributed by atoms with Gasteiger partial charge in [0.1, 0.15) is 5.82 Å². The van der Waals surface area contributed by atoms with E-state index in [2.05, 4.69) is 14.9 Å². The number of carbonyl (C=O) groups is 1. The molecule has 2 heterocycles. The Bertz CT molecular complexity index is 802. The number of hydrogen-bond acceptors (Lipinski definition) is 2. The maximum absolute atomic E-state index is 13.1. The summed E-state index contributed by atoms with van der Waals surface area (Å²) in [5, 5.41) is 3.26. The third-order valence-electron chi connectivity index (χ3n) is 4.81. The quantitative estimate of drug-likeness (QED) is 0.798. The number of fused-ring (bicyclic) bond motifs is 1. The van der Waals surface area contributed by atoms with Gasteiger partial charge in [-0.3, -0.25) is 4.79 Å². The average molecular weight is 331 g/mol. The lowest BCUT2D eigenvalue weighted by Crippen LogP contribution is -2.43. The van der Waals surface area contributed by atoms with Gasteiger partial charge in [-0.25, -0.2) is 4.98 Å². The third-order valence-corrected chi connectivity index (χ3v) is 4.81. The number of benzene rings is 2. The number of nitrogens with one attached hydrogen (secondary N) is 1. The Balaban J connectivity index is 1.56. The molecule has 4 rings (SSSR count). The van der Waals surface area contributed by atoms with E-state index in [4.69, 9.17) is 0 Å². The maximum atomic E-state index is 13.1. The zero-order valence-electron chi connectivity index (χ0n) is 14.0. The predicted octanol–water partition coefficient (Wildman–Crippen LogP) is 3.15. The van der Waals surface area contributed by atoms with E-state index in [9.17, 15) is 4.79 Å². The summed E-state index contributed by atoms with van der Waals surface area (Å²) in [5.74, 6) is 0.880. The van der Waals surface area contributed by atoms with E-state index in [-0.39, 0.29) is 17.9 Å². The Morgan fingerprint density at radius 2 is 1.68 bits per heavy atom. The molecule has 1 amide bonds. The number of rotatable bonds is 4. The number of aromatic nitrogens is 2. The van der Waals surface area contributed by atoms with Crippen molar-refractivity contribution in [1.29, 1.82) is 0 Å². The lowest BCUT2D eigenvalue weighted by atomic mass is 9.90. The summed E-state index contributed by atoms with van der Waals surface area (Å²) in [6.45, 7) is 0.789. The highest BCUT2D eigenvalue weighted by Crippen LogP contribution is 2.25. The van der Waals surface area contributed by atoms with Crippen molar-refractivity contribution in [1.82, 2.24) is 14.9 Å². The molecule has 0 saturated heterocycles. The van der Waals surface area contributed by atoms with Crippen LogP contribution in [-0.4, -0.2) is 21.5 Å². The molecule has 25 heavy (non-hydrogen) atoms. The van der Waals surface area contributed by atoms with Gasteiger partial charge in [0.15, 0.2) is 0 Å². The SMILES string of the molecule is O=C(N[C@@H]1CCc2nccn2C1)C(c1ccccc1)c1ccccc1. The first-order valence-corrected chi connectivity index (χ1v) is 8.71. The molecule has 0 bridgehead atoms. The summed E-state index contributed by atoms with van der Waals surface area (Å²) in [5.41, 5.74) is 2.04. The topological polar surface area (TPSA) is 46.9 Å². The number of imidazole rings is 1. The molecule has 126 valence electrons. The molecule has 4 heteroatoms. The minimum absolute atomic E-state index is 0.0611. The van der Waals surface area contributed by atoms with Gasteiger partial charge in [0, 0.05) is 31.4 Å². The second kappa shape index (κ2) is 6.93. The Kier molecular flexibility index (Phi) is 4.34. The van der Waals surface area contributed by atoms with Crippen molar-refractivity contribution < 1.29 is 4.79 Å². The van der Waals surface area contributed by atoms with E-state index in [0.29, 0.717) is 0 Å². The summed E-state index contributed by atoms with van der Waals surface area (Å²) in [6, 6.07) is 20.1. The van der Waals surface area contributed by atoms with Gasteiger partial charge in [-0.05, 0) is 17.5 Å². The Morgan fingerprint density at radius 1 is 1.04 bits per heavy atom. The van der Waals surface area contributed by atoms with Gasteiger partial charge < -0.3 is 9.88 Å². The summed E-state index contributed by atoms with van der Waals surface area (Å²) >= 11 is 0. The highest BCUT2D eigenvalue weighted by molar-refractivity contribution is 5.87. The van der Waals surface area contributed by atoms with Crippen LogP contribution in [0.2, 0.25) is 0 Å². The van der Waals surface area contributed by atoms with Crippen LogP contribution in [0.5, 0.6) is 0 Å². The standard InChI is InChI=1S/C21H21N3O/c25-21(23-18-11-12-19-22-13-14-24(19)15-18)20(16-7-3-1-4-8-16)17-9-5-2-6-10-17/h1-10,13-14,18,20H,11-12,15H2,(H,23,25)/t18-/m1/s1. The van der Waals surface area contributed by atoms with E-state index >= 15 is 0 Å². The molecule has 1 N–H and O–H groups in total. The highest BCUT2D eigenvalue weighted by atomic mass is 16.2. The average Bonchev–Trinajstić information content (AvgIpc) is 3.11. The minimum Gasteiger partial charge on any atom is -0.351 e. The van der Waals surface area contributed by atoms with Gasteiger partial charge >= 0.3 is 0 Å². The number of carbonyl (C=O) groups excluding carboxylic acids is 1. The van der Waals surface area contributed by atoms with E-state index in [1.54, 1.807) is 0 Å². The van der Waals surface area contributed by atoms with Gasteiger partial charge in [-0.2, -0.15) is 0 Å². The van der Waals surface area contributed by atoms with Gasteiger partial charge in [-0.15, -0.1) is 0 Å². The molecular formula is C21H21N3O. The Hall–Kier alpha value is -2.88. The van der Waals surface area contributed by atoms with E-state index in [0.717, 1.165) is 36.3 Å². The molecule has 0 fully saturated rings. The summed E-state index contributed by atoms with van der Waals surface area (Å²) < 4.78 is 2.13. The molecule has 0 radical (unpaired) electrons. The first kappa shape index (κ1) is 15.6. The van der Waals surface area contributed by atoms with E-state index in [1.165, 1.54) is 0 Å². The predicted molar refractivity (Wildman–Crippen MR) is 97.2 cm³/mol. The minimum atomic E-state index is -0.286. The van der Waals surface area contributed by atoms with Crippen molar-refractivity contribution in [2.75, 3.05) is 0 Å². The van der Waals surface area contributed by atoms with Crippen molar-refractivity contribution >= 4 is 5.91 Å². The van der Waals surface area contributed by atoms with Crippen LogP contribution >= 0.6 is 0 Å². The molecule has 1 atom stereocenters. The number of nitrogens with zero attached hydrogens (tertiary/aromatic N) is 2. The molecule has 1 aliphatic rings. The molecule has 2 aromatic carbocycles. The Labute approximate surface area is 147 Å². The van der Waals surface area contributed by atoms with Crippen LogP contribution in [0, 0.1) is 0 Å². The third kappa shape index (κ3) is 3.33. The van der Waals surface area contributed by atoms with Crippen molar-refractivity contribution in [2.45, 2.75) is 31.3 Å². The highest BCUT2D eigenvalue weighted by Gasteiger charge is 2.26. The van der Waals surface area contributed by atoms with Crippen LogP contribution < -0.4 is 5.32 Å². The summed E-state index contributed by atoms with van der Waals surface area (Å²) in [6.07, 6.45) is 5.65. The summed E-state index contributed by atoms with van der Waals surface area (Å²) in [4.78, 5) is 17.5. The van der Waals surface area contributed by atoms with Crippen molar-refractivity contribution in [3.63, 3.8) is 0 Å². The number of aryl methyl sites for hydroxylation is 1. The van der Waals surface area contributed by atoms with Crippen molar-refractivity contribution in [3.05, 3.63) is 90.0 Å². The maximum Gasteiger partial charge on any atom is 0.232 e. The summed E-state index contributed by atoms with van der Waals surface area (Å²) in [7, 11) is 0. The van der Waals surface area contributed by atoms with E-state index in [1.807, 2.05) is 73.1 Å². The molecule has 0 spiro atoms. The number of hydrogen-bond donors (Lipinski definition) is 1. The molecular weight excluding hydrogens is 310 g/mol. The van der Waals surface area contributed by atoms with Crippen molar-refractivity contribution in [2.24, 2.45) is 0 Å². The monoisotopic (exact) mass is 331 g/mol. The second-order valence-electron chi connectivity index (χ2n) is 6.49. The van der Waals surface area contributed by atoms with Gasteiger partial charge in [0.2, 0.25) is 5.91 Å². The van der Waals surface area contributed by atoms with Crippen LogP contribution in [0.15, 0.2) is 73.1 Å². The molecule has 3 aromatic rings. The molecule has 0 unspecified atom stereocenters. The fraction of sp³-hybridized carbons (Fsp3) is 0.238. The van der Waals surface area contributed by atoms with Crippen LogP contribution in [0.3, 0.4) is 0 Å². The first-order valence-electron chi connectivity index (χ1n) is 8.71. The zero-order valence-corrected chi connectivity index (χ0v) is 14.0. The van der Waals surface area contributed by atoms with Crippen LogP contribution in [0.25, 0.3) is 0 Å². The van der Waals surface area contributed by atoms with Crippen molar-refractivity contribution in [3.8, 4) is 0 Å². The molecule has 0 saturated carbocycles. The smallest absolute Gasteiger partial charge is 0.232 e. The lowest BCUT2D eigenvalue weighted by molar-refractivity contribution is -0.122. The lowest BCUT2D eigenvalue weighted by Gasteiger charge is -2.27. The molecule has 4 nitrogen and oxygen atoms in total. The van der Waals surface area contributed by atoms with Gasteiger partial charge in [0.05, 0.1) is 5.92 Å². The fourth-order valence-electron chi connectivity index (χ4n) is 3.55. The zero-order chi connectivity index (χ0) is 17.1. The first-order chi connectivity index (χ1) is 12.3. The normalized spacial score (nSPS) is 16.4. The molecule has 1 aliphatic heterocycles. The van der Waals surface area contributed by atoms with Crippen LogP contribution in [0.1, 0.15) is 29.3 Å². The van der Waals surface area contributed by atoms with Crippen LogP contribution in [-0.2, 0) is 17.8 Å². The van der Waals surface area contributed by atoms with Gasteiger partial charge in [0.25, 0.3) is 0 Å². The van der Waals surface area contributed by atoms with Crippen LogP contribution in [0.4, 0.5) is 0 Å². The van der Waals surface area contributed by atoms with E-state index < -0.39 is 0 Å².